The van der Waals surface area contributed by atoms with Gasteiger partial charge in [0.1, 0.15) is 11.4 Å². The Morgan fingerprint density at radius 1 is 1.22 bits per heavy atom. The molecule has 11 nitrogen and oxygen atoms in total. The average Bonchev–Trinajstić information content (AvgIpc) is 2.82. The summed E-state index contributed by atoms with van der Waals surface area (Å²) in [7, 11) is 0. The maximum atomic E-state index is 12.1. The third-order valence-corrected chi connectivity index (χ3v) is 5.65. The molecule has 2 aromatic rings. The van der Waals surface area contributed by atoms with Gasteiger partial charge in [-0.2, -0.15) is 0 Å². The molecule has 9 N–H and O–H groups in total. The first-order chi connectivity index (χ1) is 17.0. The number of carbonyl (C=O) groups is 2. The van der Waals surface area contributed by atoms with E-state index in [0.717, 1.165) is 5.56 Å². The molecular formula is C25H34N6O5. The van der Waals surface area contributed by atoms with Crippen molar-refractivity contribution in [2.24, 2.45) is 16.5 Å². The topological polar surface area (TPSA) is 184 Å². The molecule has 1 heterocycles. The van der Waals surface area contributed by atoms with E-state index in [1.807, 2.05) is 38.1 Å². The van der Waals surface area contributed by atoms with Crippen molar-refractivity contribution < 1.29 is 24.5 Å². The molecule has 0 bridgehead atoms. The van der Waals surface area contributed by atoms with Crippen LogP contribution in [0, 0.1) is 0 Å². The summed E-state index contributed by atoms with van der Waals surface area (Å²) in [6.07, 6.45) is 0.631. The number of amides is 2. The molecule has 1 aliphatic rings. The van der Waals surface area contributed by atoms with Crippen molar-refractivity contribution in [3.05, 3.63) is 47.5 Å². The molecule has 1 unspecified atom stereocenters. The monoisotopic (exact) mass is 498 g/mol. The molecule has 0 saturated heterocycles. The van der Waals surface area contributed by atoms with Gasteiger partial charge in [0.25, 0.3) is 5.91 Å². The molecule has 3 rings (SSSR count). The number of nitrogens with one attached hydrogen (secondary N) is 3. The maximum Gasteiger partial charge on any atom is 0.262 e. The number of phenols is 1. The van der Waals surface area contributed by atoms with Crippen molar-refractivity contribution in [1.29, 1.82) is 0 Å². The molecule has 1 aliphatic heterocycles. The smallest absolute Gasteiger partial charge is 0.262 e. The fraction of sp³-hybridized carbons (Fsp3) is 0.400. The molecule has 0 radical (unpaired) electrons. The van der Waals surface area contributed by atoms with Crippen LogP contribution in [0.25, 0.3) is 0 Å². The van der Waals surface area contributed by atoms with Crippen LogP contribution >= 0.6 is 0 Å². The van der Waals surface area contributed by atoms with E-state index in [2.05, 4.69) is 20.9 Å². The van der Waals surface area contributed by atoms with Gasteiger partial charge >= 0.3 is 0 Å². The van der Waals surface area contributed by atoms with Crippen LogP contribution in [0.15, 0.2) is 41.4 Å². The standard InChI is InChI=1S/C25H34N6O5/c1-25(2,12-15-5-7-16(8-6-15)30-20(34)4-3-11-28-24(26)27)29-13-19(33)17-9-10-18(32)22-23(17)36-14-21(35)31-22/h5-10,19,29,32-33H,3-4,11-14H2,1-2H3,(H,30,34)(H,31,35)(H4,26,27,28). The van der Waals surface area contributed by atoms with Crippen molar-refractivity contribution in [3.8, 4) is 11.5 Å². The Bertz CT molecular complexity index is 1110. The van der Waals surface area contributed by atoms with Gasteiger partial charge in [-0.15, -0.1) is 0 Å². The molecule has 11 heteroatoms. The van der Waals surface area contributed by atoms with Gasteiger partial charge in [0.2, 0.25) is 5.91 Å². The Balaban J connectivity index is 1.52. The van der Waals surface area contributed by atoms with Crippen molar-refractivity contribution in [2.75, 3.05) is 30.3 Å². The number of hydrogen-bond acceptors (Lipinski definition) is 7. The van der Waals surface area contributed by atoms with Crippen LogP contribution in [0.2, 0.25) is 0 Å². The number of fused-ring (bicyclic) bond motifs is 1. The Morgan fingerprint density at radius 2 is 1.94 bits per heavy atom. The number of guanidine groups is 1. The van der Waals surface area contributed by atoms with E-state index < -0.39 is 6.10 Å². The highest BCUT2D eigenvalue weighted by molar-refractivity contribution is 5.97. The molecule has 2 amide bonds. The van der Waals surface area contributed by atoms with Gasteiger partial charge in [-0.3, -0.25) is 14.6 Å². The van der Waals surface area contributed by atoms with Crippen molar-refractivity contribution in [1.82, 2.24) is 5.32 Å². The SMILES string of the molecule is CC(C)(Cc1ccc(NC(=O)CCCN=C(N)N)cc1)NCC(O)c1ccc(O)c2c1OCC(=O)N2. The van der Waals surface area contributed by atoms with Crippen molar-refractivity contribution in [3.63, 3.8) is 0 Å². The number of nitrogens with zero attached hydrogens (tertiary/aromatic N) is 1. The number of hydrogen-bond donors (Lipinski definition) is 7. The minimum Gasteiger partial charge on any atom is -0.506 e. The molecule has 1 atom stereocenters. The van der Waals surface area contributed by atoms with Crippen molar-refractivity contribution >= 4 is 29.1 Å². The van der Waals surface area contributed by atoms with E-state index in [1.165, 1.54) is 6.07 Å². The summed E-state index contributed by atoms with van der Waals surface area (Å²) < 4.78 is 5.47. The summed E-state index contributed by atoms with van der Waals surface area (Å²) in [5.74, 6) is -0.300. The van der Waals surface area contributed by atoms with Gasteiger partial charge in [0.05, 0.1) is 6.10 Å². The second kappa shape index (κ2) is 11.7. The van der Waals surface area contributed by atoms with Gasteiger partial charge in [0.15, 0.2) is 18.3 Å². The number of phenolic OH excluding ortho intramolecular Hbond substituents is 1. The summed E-state index contributed by atoms with van der Waals surface area (Å²) in [5, 5.41) is 29.6. The zero-order valence-corrected chi connectivity index (χ0v) is 20.5. The highest BCUT2D eigenvalue weighted by Crippen LogP contribution is 2.41. The molecule has 0 fully saturated rings. The highest BCUT2D eigenvalue weighted by atomic mass is 16.5. The number of β-amino-alcohol motifs (C(OH)–C–C–N with tert-alkyl or cyclic N) is 1. The van der Waals surface area contributed by atoms with Crippen LogP contribution in [-0.2, 0) is 16.0 Å². The summed E-state index contributed by atoms with van der Waals surface area (Å²) in [6, 6.07) is 10.6. The first kappa shape index (κ1) is 26.8. The second-order valence-electron chi connectivity index (χ2n) is 9.33. The number of anilines is 2. The van der Waals surface area contributed by atoms with Crippen LogP contribution in [-0.4, -0.2) is 53.2 Å². The zero-order valence-electron chi connectivity index (χ0n) is 20.5. The van der Waals surface area contributed by atoms with Gasteiger partial charge in [-0.05, 0) is 56.5 Å². The van der Waals surface area contributed by atoms with E-state index in [1.54, 1.807) is 6.07 Å². The van der Waals surface area contributed by atoms with Crippen LogP contribution in [0.4, 0.5) is 11.4 Å². The Morgan fingerprint density at radius 3 is 2.64 bits per heavy atom. The normalized spacial score (nSPS) is 13.7. The number of benzene rings is 2. The number of aliphatic hydroxyl groups excluding tert-OH is 1. The van der Waals surface area contributed by atoms with Crippen LogP contribution in [0.3, 0.4) is 0 Å². The van der Waals surface area contributed by atoms with Crippen LogP contribution in [0.1, 0.15) is 43.9 Å². The lowest BCUT2D eigenvalue weighted by atomic mass is 9.94. The highest BCUT2D eigenvalue weighted by Gasteiger charge is 2.27. The number of rotatable bonds is 11. The first-order valence-corrected chi connectivity index (χ1v) is 11.7. The number of aliphatic hydroxyl groups is 1. The van der Waals surface area contributed by atoms with Gasteiger partial charge in [-0.1, -0.05) is 12.1 Å². The minimum absolute atomic E-state index is 0.0150. The molecule has 0 aliphatic carbocycles. The minimum atomic E-state index is -0.918. The first-order valence-electron chi connectivity index (χ1n) is 11.7. The Kier molecular flexibility index (Phi) is 8.73. The largest absolute Gasteiger partial charge is 0.506 e. The van der Waals surface area contributed by atoms with Gasteiger partial charge in [-0.25, -0.2) is 0 Å². The van der Waals surface area contributed by atoms with Crippen LogP contribution in [0.5, 0.6) is 11.5 Å². The number of aromatic hydroxyl groups is 1. The van der Waals surface area contributed by atoms with Crippen LogP contribution < -0.4 is 32.2 Å². The number of nitrogens with two attached hydrogens (primary N) is 2. The molecule has 36 heavy (non-hydrogen) atoms. The lowest BCUT2D eigenvalue weighted by Crippen LogP contribution is -2.43. The molecule has 0 aromatic heterocycles. The molecule has 194 valence electrons. The Labute approximate surface area is 209 Å². The van der Waals surface area contributed by atoms with E-state index >= 15 is 0 Å². The fourth-order valence-corrected chi connectivity index (χ4v) is 3.87. The summed E-state index contributed by atoms with van der Waals surface area (Å²) in [4.78, 5) is 27.5. The lowest BCUT2D eigenvalue weighted by molar-refractivity contribution is -0.118. The second-order valence-corrected chi connectivity index (χ2v) is 9.33. The number of aliphatic imine (C=N–C) groups is 1. The predicted octanol–water partition coefficient (Wildman–Crippen LogP) is 1.36. The average molecular weight is 499 g/mol. The molecule has 0 saturated carbocycles. The zero-order chi connectivity index (χ0) is 26.3. The number of ether oxygens (including phenoxy) is 1. The van der Waals surface area contributed by atoms with E-state index in [9.17, 15) is 19.8 Å². The molecule has 2 aromatic carbocycles. The quantitative estimate of drug-likeness (QED) is 0.105. The summed E-state index contributed by atoms with van der Waals surface area (Å²) >= 11 is 0. The van der Waals surface area contributed by atoms with Gasteiger partial charge < -0.3 is 42.4 Å². The van der Waals surface area contributed by atoms with E-state index in [0.29, 0.717) is 37.1 Å². The Hall–Kier alpha value is -3.83. The third kappa shape index (κ3) is 7.59. The lowest BCUT2D eigenvalue weighted by Gasteiger charge is -2.29. The van der Waals surface area contributed by atoms with E-state index in [4.69, 9.17) is 16.2 Å². The summed E-state index contributed by atoms with van der Waals surface area (Å²) in [5.41, 5.74) is 12.6. The fourth-order valence-electron chi connectivity index (χ4n) is 3.87. The maximum absolute atomic E-state index is 12.1. The number of carbonyl (C=O) groups excluding carboxylic acids is 2. The molecule has 0 spiro atoms. The van der Waals surface area contributed by atoms with Gasteiger partial charge in [0, 0.05) is 36.3 Å². The predicted molar refractivity (Wildman–Crippen MR) is 138 cm³/mol. The summed E-state index contributed by atoms with van der Waals surface area (Å²) in [6.45, 7) is 4.51. The molecular weight excluding hydrogens is 464 g/mol. The van der Waals surface area contributed by atoms with E-state index in [-0.39, 0.29) is 53.7 Å². The third-order valence-electron chi connectivity index (χ3n) is 5.65. The van der Waals surface area contributed by atoms with Crippen molar-refractivity contribution in [2.45, 2.75) is 44.8 Å².